The molecule has 21 heavy (non-hydrogen) atoms. The largest absolute Gasteiger partial charge is 0.492 e. The van der Waals surface area contributed by atoms with Gasteiger partial charge in [-0.2, -0.15) is 0 Å². The number of nitrogens with one attached hydrogen (secondary N) is 2. The Hall–Kier alpha value is -1.26. The third-order valence-corrected chi connectivity index (χ3v) is 3.99. The predicted molar refractivity (Wildman–Crippen MR) is 84.8 cm³/mol. The lowest BCUT2D eigenvalue weighted by Gasteiger charge is -2.10. The van der Waals surface area contributed by atoms with Gasteiger partial charge in [0.2, 0.25) is 5.91 Å². The molecule has 2 rings (SSSR count). The molecular formula is C16H23ClN2O2. The Morgan fingerprint density at radius 2 is 2.29 bits per heavy atom. The van der Waals surface area contributed by atoms with Crippen molar-refractivity contribution in [2.24, 2.45) is 5.92 Å². The van der Waals surface area contributed by atoms with Crippen LogP contribution in [0.3, 0.4) is 0 Å². The van der Waals surface area contributed by atoms with E-state index in [4.69, 9.17) is 16.3 Å². The number of para-hydroxylation sites is 1. The van der Waals surface area contributed by atoms with E-state index >= 15 is 0 Å². The fraction of sp³-hybridized carbons (Fsp3) is 0.562. The first-order valence-electron chi connectivity index (χ1n) is 7.60. The van der Waals surface area contributed by atoms with Crippen molar-refractivity contribution >= 4 is 17.5 Å². The summed E-state index contributed by atoms with van der Waals surface area (Å²) in [6.45, 7) is 3.47. The number of hydrogen-bond donors (Lipinski definition) is 2. The van der Waals surface area contributed by atoms with E-state index in [1.165, 1.54) is 6.42 Å². The van der Waals surface area contributed by atoms with Crippen molar-refractivity contribution in [2.75, 3.05) is 26.2 Å². The summed E-state index contributed by atoms with van der Waals surface area (Å²) < 4.78 is 5.55. The number of ether oxygens (including phenoxy) is 1. The molecule has 116 valence electrons. The lowest BCUT2D eigenvalue weighted by Crippen LogP contribution is -2.26. The number of hydrogen-bond acceptors (Lipinski definition) is 3. The van der Waals surface area contributed by atoms with Crippen molar-refractivity contribution < 1.29 is 9.53 Å². The van der Waals surface area contributed by atoms with Crippen LogP contribution in [0, 0.1) is 5.92 Å². The SMILES string of the molecule is O=C(CCCOc1ccccc1Cl)NCCC1CCNC1. The molecule has 1 aliphatic heterocycles. The predicted octanol–water partition coefficient (Wildman–Crippen LogP) is 2.61. The molecule has 1 aromatic rings. The smallest absolute Gasteiger partial charge is 0.220 e. The first-order chi connectivity index (χ1) is 10.3. The molecular weight excluding hydrogens is 288 g/mol. The van der Waals surface area contributed by atoms with E-state index in [0.717, 1.165) is 26.1 Å². The van der Waals surface area contributed by atoms with Crippen LogP contribution in [0.4, 0.5) is 0 Å². The van der Waals surface area contributed by atoms with E-state index in [2.05, 4.69) is 10.6 Å². The number of halogens is 1. The van der Waals surface area contributed by atoms with Crippen molar-refractivity contribution in [1.82, 2.24) is 10.6 Å². The summed E-state index contributed by atoms with van der Waals surface area (Å²) in [6, 6.07) is 7.37. The van der Waals surface area contributed by atoms with Gasteiger partial charge in [-0.1, -0.05) is 23.7 Å². The molecule has 0 spiro atoms. The Labute approximate surface area is 131 Å². The third kappa shape index (κ3) is 5.94. The molecule has 0 saturated carbocycles. The molecule has 0 aliphatic carbocycles. The zero-order valence-electron chi connectivity index (χ0n) is 12.2. The molecule has 1 heterocycles. The molecule has 1 atom stereocenters. The molecule has 1 aliphatic rings. The maximum absolute atomic E-state index is 11.7. The Kier molecular flexibility index (Phi) is 6.83. The fourth-order valence-corrected chi connectivity index (χ4v) is 2.63. The first-order valence-corrected chi connectivity index (χ1v) is 7.98. The standard InChI is InChI=1S/C16H23ClN2O2/c17-14-4-1-2-5-15(14)21-11-3-6-16(20)19-10-8-13-7-9-18-12-13/h1-2,4-5,13,18H,3,6-12H2,(H,19,20). The van der Waals surface area contributed by atoms with Crippen LogP contribution >= 0.6 is 11.6 Å². The lowest BCUT2D eigenvalue weighted by atomic mass is 10.1. The lowest BCUT2D eigenvalue weighted by molar-refractivity contribution is -0.121. The molecule has 2 N–H and O–H groups in total. The van der Waals surface area contributed by atoms with Crippen LogP contribution in [0.1, 0.15) is 25.7 Å². The monoisotopic (exact) mass is 310 g/mol. The van der Waals surface area contributed by atoms with Crippen molar-refractivity contribution in [2.45, 2.75) is 25.7 Å². The van der Waals surface area contributed by atoms with Gasteiger partial charge in [0, 0.05) is 13.0 Å². The maximum Gasteiger partial charge on any atom is 0.220 e. The second-order valence-electron chi connectivity index (χ2n) is 5.38. The Morgan fingerprint density at radius 3 is 3.05 bits per heavy atom. The van der Waals surface area contributed by atoms with Crippen molar-refractivity contribution in [3.63, 3.8) is 0 Å². The topological polar surface area (TPSA) is 50.4 Å². The zero-order chi connectivity index (χ0) is 14.9. The summed E-state index contributed by atoms with van der Waals surface area (Å²) in [5.41, 5.74) is 0. The van der Waals surface area contributed by atoms with Crippen LogP contribution in [0.5, 0.6) is 5.75 Å². The number of carbonyl (C=O) groups is 1. The third-order valence-electron chi connectivity index (χ3n) is 3.68. The average Bonchev–Trinajstić information content (AvgIpc) is 2.98. The van der Waals surface area contributed by atoms with E-state index in [9.17, 15) is 4.79 Å². The molecule has 1 aromatic carbocycles. The minimum atomic E-state index is 0.101. The fourth-order valence-electron chi connectivity index (χ4n) is 2.44. The number of rotatable bonds is 8. The van der Waals surface area contributed by atoms with Crippen LogP contribution in [-0.2, 0) is 4.79 Å². The highest BCUT2D eigenvalue weighted by atomic mass is 35.5. The van der Waals surface area contributed by atoms with Gasteiger partial charge >= 0.3 is 0 Å². The molecule has 1 amide bonds. The van der Waals surface area contributed by atoms with Gasteiger partial charge in [-0.15, -0.1) is 0 Å². The van der Waals surface area contributed by atoms with Crippen LogP contribution in [0.25, 0.3) is 0 Å². The van der Waals surface area contributed by atoms with Gasteiger partial charge in [-0.3, -0.25) is 4.79 Å². The van der Waals surface area contributed by atoms with Gasteiger partial charge in [-0.25, -0.2) is 0 Å². The van der Waals surface area contributed by atoms with Gasteiger partial charge in [-0.05, 0) is 50.4 Å². The van der Waals surface area contributed by atoms with Crippen molar-refractivity contribution in [3.05, 3.63) is 29.3 Å². The molecule has 0 aromatic heterocycles. The van der Waals surface area contributed by atoms with Crippen LogP contribution in [0.2, 0.25) is 5.02 Å². The summed E-state index contributed by atoms with van der Waals surface area (Å²) in [6.07, 6.45) is 3.48. The highest BCUT2D eigenvalue weighted by Crippen LogP contribution is 2.23. The number of benzene rings is 1. The van der Waals surface area contributed by atoms with Crippen LogP contribution in [-0.4, -0.2) is 32.1 Å². The first kappa shape index (κ1) is 16.1. The Balaban J connectivity index is 1.52. The molecule has 1 fully saturated rings. The van der Waals surface area contributed by atoms with Gasteiger partial charge in [0.05, 0.1) is 11.6 Å². The Morgan fingerprint density at radius 1 is 1.43 bits per heavy atom. The van der Waals surface area contributed by atoms with Crippen LogP contribution in [0.15, 0.2) is 24.3 Å². The zero-order valence-corrected chi connectivity index (χ0v) is 13.0. The van der Waals surface area contributed by atoms with Crippen LogP contribution < -0.4 is 15.4 Å². The van der Waals surface area contributed by atoms with E-state index < -0.39 is 0 Å². The van der Waals surface area contributed by atoms with Gasteiger partial charge in [0.1, 0.15) is 5.75 Å². The average molecular weight is 311 g/mol. The van der Waals surface area contributed by atoms with E-state index in [1.54, 1.807) is 6.07 Å². The van der Waals surface area contributed by atoms with E-state index in [1.807, 2.05) is 18.2 Å². The second-order valence-corrected chi connectivity index (χ2v) is 5.79. The quantitative estimate of drug-likeness (QED) is 0.726. The second kappa shape index (κ2) is 8.90. The summed E-state index contributed by atoms with van der Waals surface area (Å²) in [4.78, 5) is 11.7. The summed E-state index contributed by atoms with van der Waals surface area (Å²) in [5, 5.41) is 6.91. The minimum Gasteiger partial charge on any atom is -0.492 e. The normalized spacial score (nSPS) is 17.7. The number of amides is 1. The maximum atomic E-state index is 11.7. The highest BCUT2D eigenvalue weighted by Gasteiger charge is 2.13. The molecule has 4 nitrogen and oxygen atoms in total. The molecule has 5 heteroatoms. The number of carbonyl (C=O) groups excluding carboxylic acids is 1. The molecule has 0 radical (unpaired) electrons. The van der Waals surface area contributed by atoms with Gasteiger partial charge in [0.15, 0.2) is 0 Å². The van der Waals surface area contributed by atoms with E-state index in [0.29, 0.717) is 36.1 Å². The van der Waals surface area contributed by atoms with Crippen molar-refractivity contribution in [1.29, 1.82) is 0 Å². The molecule has 1 saturated heterocycles. The summed E-state index contributed by atoms with van der Waals surface area (Å²) >= 11 is 5.99. The molecule has 0 bridgehead atoms. The molecule has 1 unspecified atom stereocenters. The van der Waals surface area contributed by atoms with Gasteiger partial charge in [0.25, 0.3) is 0 Å². The van der Waals surface area contributed by atoms with Crippen molar-refractivity contribution in [3.8, 4) is 5.75 Å². The Bertz CT molecular complexity index is 448. The summed E-state index contributed by atoms with van der Waals surface area (Å²) in [5.74, 6) is 1.49. The minimum absolute atomic E-state index is 0.101. The highest BCUT2D eigenvalue weighted by molar-refractivity contribution is 6.32. The van der Waals surface area contributed by atoms with Gasteiger partial charge < -0.3 is 15.4 Å². The summed E-state index contributed by atoms with van der Waals surface area (Å²) in [7, 11) is 0. The van der Waals surface area contributed by atoms with E-state index in [-0.39, 0.29) is 5.91 Å².